The van der Waals surface area contributed by atoms with Crippen LogP contribution in [0.3, 0.4) is 0 Å². The number of carbonyl (C=O) groups excluding carboxylic acids is 2. The van der Waals surface area contributed by atoms with Gasteiger partial charge in [-0.25, -0.2) is 9.18 Å². The lowest BCUT2D eigenvalue weighted by molar-refractivity contribution is -0.149. The number of esters is 1. The van der Waals surface area contributed by atoms with Crippen molar-refractivity contribution in [3.05, 3.63) is 72.0 Å². The summed E-state index contributed by atoms with van der Waals surface area (Å²) < 4.78 is 23.7. The lowest BCUT2D eigenvalue weighted by Gasteiger charge is -2.09. The van der Waals surface area contributed by atoms with E-state index in [-0.39, 0.29) is 6.61 Å². The molecule has 1 N–H and O–H groups in total. The molecule has 3 aromatic rings. The summed E-state index contributed by atoms with van der Waals surface area (Å²) in [4.78, 5) is 23.5. The molecular weight excluding hydrogens is 349 g/mol. The van der Waals surface area contributed by atoms with Crippen molar-refractivity contribution in [3.63, 3.8) is 0 Å². The number of hydrogen-bond acceptors (Lipinski definition) is 4. The van der Waals surface area contributed by atoms with Crippen molar-refractivity contribution in [2.75, 3.05) is 18.5 Å². The van der Waals surface area contributed by atoms with Crippen LogP contribution in [0.5, 0.6) is 5.75 Å². The van der Waals surface area contributed by atoms with Gasteiger partial charge in [0, 0.05) is 5.69 Å². The first-order chi connectivity index (χ1) is 13.0. The standard InChI is InChI=1S/C21H18FNO4/c1-14-6-8-17(11-19(14)22)23-20(24)12-27-21(25)13-26-18-9-7-15-4-2-3-5-16(15)10-18/h2-11H,12-13H2,1H3,(H,23,24). The minimum absolute atomic E-state index is 0.298. The minimum atomic E-state index is -0.673. The van der Waals surface area contributed by atoms with E-state index in [1.54, 1.807) is 25.1 Å². The molecule has 0 saturated carbocycles. The Morgan fingerprint density at radius 2 is 1.74 bits per heavy atom. The number of nitrogens with one attached hydrogen (secondary N) is 1. The Bertz CT molecular complexity index is 987. The maximum atomic E-state index is 13.4. The van der Waals surface area contributed by atoms with E-state index in [9.17, 15) is 14.0 Å². The Kier molecular flexibility index (Phi) is 5.66. The van der Waals surface area contributed by atoms with Gasteiger partial charge >= 0.3 is 5.97 Å². The van der Waals surface area contributed by atoms with Gasteiger partial charge in [-0.1, -0.05) is 36.4 Å². The molecule has 3 rings (SSSR count). The summed E-state index contributed by atoms with van der Waals surface area (Å²) in [5, 5.41) is 4.52. The van der Waals surface area contributed by atoms with Gasteiger partial charge in [0.2, 0.25) is 0 Å². The SMILES string of the molecule is Cc1ccc(NC(=O)COC(=O)COc2ccc3ccccc3c2)cc1F. The molecule has 0 aliphatic heterocycles. The second kappa shape index (κ2) is 8.31. The van der Waals surface area contributed by atoms with Crippen molar-refractivity contribution < 1.29 is 23.5 Å². The first-order valence-electron chi connectivity index (χ1n) is 8.34. The quantitative estimate of drug-likeness (QED) is 0.672. The van der Waals surface area contributed by atoms with Crippen LogP contribution < -0.4 is 10.1 Å². The number of aryl methyl sites for hydroxylation is 1. The molecule has 1 amide bonds. The maximum Gasteiger partial charge on any atom is 0.344 e. The molecule has 0 heterocycles. The van der Waals surface area contributed by atoms with Crippen LogP contribution in [-0.2, 0) is 14.3 Å². The van der Waals surface area contributed by atoms with E-state index >= 15 is 0 Å². The normalized spacial score (nSPS) is 10.4. The van der Waals surface area contributed by atoms with Gasteiger partial charge in [-0.2, -0.15) is 0 Å². The van der Waals surface area contributed by atoms with Crippen molar-refractivity contribution in [1.82, 2.24) is 0 Å². The second-order valence-corrected chi connectivity index (χ2v) is 5.97. The highest BCUT2D eigenvalue weighted by molar-refractivity contribution is 5.92. The van der Waals surface area contributed by atoms with Crippen LogP contribution in [-0.4, -0.2) is 25.1 Å². The number of carbonyl (C=O) groups is 2. The molecule has 0 radical (unpaired) electrons. The fourth-order valence-corrected chi connectivity index (χ4v) is 2.45. The summed E-state index contributed by atoms with van der Waals surface area (Å²) >= 11 is 0. The molecule has 0 unspecified atom stereocenters. The highest BCUT2D eigenvalue weighted by atomic mass is 19.1. The van der Waals surface area contributed by atoms with Gasteiger partial charge in [-0.05, 0) is 47.5 Å². The lowest BCUT2D eigenvalue weighted by atomic mass is 10.1. The molecule has 0 spiro atoms. The largest absolute Gasteiger partial charge is 0.482 e. The van der Waals surface area contributed by atoms with Crippen LogP contribution in [0.2, 0.25) is 0 Å². The van der Waals surface area contributed by atoms with Gasteiger partial charge in [-0.3, -0.25) is 4.79 Å². The first kappa shape index (κ1) is 18.4. The predicted octanol–water partition coefficient (Wildman–Crippen LogP) is 3.85. The van der Waals surface area contributed by atoms with Gasteiger partial charge in [-0.15, -0.1) is 0 Å². The highest BCUT2D eigenvalue weighted by Gasteiger charge is 2.10. The van der Waals surface area contributed by atoms with Crippen LogP contribution in [0.1, 0.15) is 5.56 Å². The zero-order chi connectivity index (χ0) is 19.2. The van der Waals surface area contributed by atoms with Crippen molar-refractivity contribution in [2.45, 2.75) is 6.92 Å². The van der Waals surface area contributed by atoms with E-state index in [0.29, 0.717) is 17.0 Å². The molecule has 0 saturated heterocycles. The molecule has 5 nitrogen and oxygen atoms in total. The van der Waals surface area contributed by atoms with Crippen LogP contribution in [0.15, 0.2) is 60.7 Å². The first-order valence-corrected chi connectivity index (χ1v) is 8.34. The van der Waals surface area contributed by atoms with Crippen LogP contribution in [0.4, 0.5) is 10.1 Å². The third kappa shape index (κ3) is 5.04. The summed E-state index contributed by atoms with van der Waals surface area (Å²) in [5.41, 5.74) is 0.775. The number of halogens is 1. The summed E-state index contributed by atoms with van der Waals surface area (Å²) in [6.07, 6.45) is 0. The van der Waals surface area contributed by atoms with Crippen molar-refractivity contribution in [1.29, 1.82) is 0 Å². The van der Waals surface area contributed by atoms with E-state index in [2.05, 4.69) is 5.32 Å². The third-order valence-electron chi connectivity index (χ3n) is 3.90. The average molecular weight is 367 g/mol. The molecular formula is C21H18FNO4. The molecule has 0 aromatic heterocycles. The minimum Gasteiger partial charge on any atom is -0.482 e. The summed E-state index contributed by atoms with van der Waals surface area (Å²) in [6.45, 7) is 0.832. The fraction of sp³-hybridized carbons (Fsp3) is 0.143. The van der Waals surface area contributed by atoms with Gasteiger partial charge in [0.25, 0.3) is 5.91 Å². The molecule has 6 heteroatoms. The molecule has 3 aromatic carbocycles. The smallest absolute Gasteiger partial charge is 0.344 e. The monoisotopic (exact) mass is 367 g/mol. The van der Waals surface area contributed by atoms with Crippen molar-refractivity contribution in [3.8, 4) is 5.75 Å². The van der Waals surface area contributed by atoms with Gasteiger partial charge in [0.05, 0.1) is 0 Å². The molecule has 0 fully saturated rings. The van der Waals surface area contributed by atoms with E-state index in [1.165, 1.54) is 6.07 Å². The molecule has 0 aliphatic carbocycles. The zero-order valence-electron chi connectivity index (χ0n) is 14.7. The van der Waals surface area contributed by atoms with E-state index < -0.39 is 24.3 Å². The van der Waals surface area contributed by atoms with E-state index in [0.717, 1.165) is 10.8 Å². The lowest BCUT2D eigenvalue weighted by Crippen LogP contribution is -2.23. The van der Waals surface area contributed by atoms with Gasteiger partial charge in [0.1, 0.15) is 11.6 Å². The number of rotatable bonds is 6. The average Bonchev–Trinajstić information content (AvgIpc) is 2.67. The highest BCUT2D eigenvalue weighted by Crippen LogP contribution is 2.20. The topological polar surface area (TPSA) is 64.6 Å². The van der Waals surface area contributed by atoms with E-state index in [4.69, 9.17) is 9.47 Å². The summed E-state index contributed by atoms with van der Waals surface area (Å²) in [5.74, 6) is -1.12. The summed E-state index contributed by atoms with van der Waals surface area (Å²) in [6, 6.07) is 17.6. The number of anilines is 1. The van der Waals surface area contributed by atoms with Gasteiger partial charge in [0.15, 0.2) is 13.2 Å². The van der Waals surface area contributed by atoms with Crippen LogP contribution in [0, 0.1) is 12.7 Å². The third-order valence-corrected chi connectivity index (χ3v) is 3.90. The molecule has 0 bridgehead atoms. The predicted molar refractivity (Wildman–Crippen MR) is 100 cm³/mol. The van der Waals surface area contributed by atoms with E-state index in [1.807, 2.05) is 36.4 Å². The fourth-order valence-electron chi connectivity index (χ4n) is 2.45. The number of amides is 1. The van der Waals surface area contributed by atoms with Crippen molar-refractivity contribution in [2.24, 2.45) is 0 Å². The Labute approximate surface area is 155 Å². The van der Waals surface area contributed by atoms with Crippen LogP contribution >= 0.6 is 0 Å². The number of fused-ring (bicyclic) bond motifs is 1. The second-order valence-electron chi connectivity index (χ2n) is 5.97. The Hall–Kier alpha value is -3.41. The molecule has 27 heavy (non-hydrogen) atoms. The molecule has 0 aliphatic rings. The zero-order valence-corrected chi connectivity index (χ0v) is 14.7. The maximum absolute atomic E-state index is 13.4. The van der Waals surface area contributed by atoms with Crippen molar-refractivity contribution >= 4 is 28.3 Å². The molecule has 0 atom stereocenters. The summed E-state index contributed by atoms with van der Waals surface area (Å²) in [7, 11) is 0. The molecule has 138 valence electrons. The van der Waals surface area contributed by atoms with Gasteiger partial charge < -0.3 is 14.8 Å². The number of hydrogen-bond donors (Lipinski definition) is 1. The van der Waals surface area contributed by atoms with Crippen LogP contribution in [0.25, 0.3) is 10.8 Å². The Morgan fingerprint density at radius 3 is 2.52 bits per heavy atom. The number of ether oxygens (including phenoxy) is 2. The number of benzene rings is 3. The Balaban J connectivity index is 1.45. The Morgan fingerprint density at radius 1 is 0.963 bits per heavy atom.